The maximum absolute atomic E-state index is 13.8. The largest absolute Gasteiger partial charge is 0.480 e. The number of carbonyl (C=O) groups excluding carboxylic acids is 1. The number of hydrogen-bond donors (Lipinski definition) is 1. The van der Waals surface area contributed by atoms with Gasteiger partial charge in [0.2, 0.25) is 0 Å². The summed E-state index contributed by atoms with van der Waals surface area (Å²) in [5, 5.41) is 8.83. The standard InChI is InChI=1S/C16H10FNO3S3/c17-11-4-2-1-3-10(11)12-6-5-9(23-12)7-13-15(21)18(8-14(19)20)16(22)24-13/h1-7H,8H2,(H,19,20). The number of carbonyl (C=O) groups is 2. The van der Waals surface area contributed by atoms with Crippen molar-refractivity contribution in [3.63, 3.8) is 0 Å². The fourth-order valence-corrected chi connectivity index (χ4v) is 4.44. The zero-order chi connectivity index (χ0) is 17.3. The summed E-state index contributed by atoms with van der Waals surface area (Å²) in [6.45, 7) is -0.451. The minimum absolute atomic E-state index is 0.222. The number of benzene rings is 1. The third kappa shape index (κ3) is 3.40. The summed E-state index contributed by atoms with van der Waals surface area (Å²) in [5.41, 5.74) is 0.501. The number of thiocarbonyl (C=S) groups is 1. The minimum Gasteiger partial charge on any atom is -0.480 e. The Morgan fingerprint density at radius 2 is 2.04 bits per heavy atom. The zero-order valence-electron chi connectivity index (χ0n) is 12.1. The van der Waals surface area contributed by atoms with Gasteiger partial charge in [0.1, 0.15) is 16.7 Å². The molecule has 1 amide bonds. The quantitative estimate of drug-likeness (QED) is 0.646. The molecule has 0 unspecified atom stereocenters. The number of rotatable bonds is 4. The summed E-state index contributed by atoms with van der Waals surface area (Å²) in [6.07, 6.45) is 1.65. The van der Waals surface area contributed by atoms with Crippen molar-refractivity contribution in [2.75, 3.05) is 6.54 Å². The van der Waals surface area contributed by atoms with E-state index in [0.717, 1.165) is 26.4 Å². The molecule has 1 N–H and O–H groups in total. The van der Waals surface area contributed by atoms with Gasteiger partial charge in [0.25, 0.3) is 5.91 Å². The zero-order valence-corrected chi connectivity index (χ0v) is 14.5. The van der Waals surface area contributed by atoms with Crippen molar-refractivity contribution < 1.29 is 19.1 Å². The summed E-state index contributed by atoms with van der Waals surface area (Å²) in [5.74, 6) is -1.85. The number of aliphatic carboxylic acids is 1. The average molecular weight is 379 g/mol. The van der Waals surface area contributed by atoms with Crippen molar-refractivity contribution in [1.82, 2.24) is 4.90 Å². The first-order valence-electron chi connectivity index (χ1n) is 6.77. The van der Waals surface area contributed by atoms with Crippen LogP contribution in [0.25, 0.3) is 16.5 Å². The Kier molecular flexibility index (Phi) is 4.79. The number of halogens is 1. The molecule has 0 radical (unpaired) electrons. The normalized spacial score (nSPS) is 16.2. The lowest BCUT2D eigenvalue weighted by Crippen LogP contribution is -2.33. The number of carboxylic acids is 1. The van der Waals surface area contributed by atoms with Crippen molar-refractivity contribution in [3.05, 3.63) is 52.0 Å². The molecule has 4 nitrogen and oxygen atoms in total. The van der Waals surface area contributed by atoms with Gasteiger partial charge in [-0.3, -0.25) is 14.5 Å². The van der Waals surface area contributed by atoms with Crippen molar-refractivity contribution in [3.8, 4) is 10.4 Å². The summed E-state index contributed by atoms with van der Waals surface area (Å²) in [6, 6.07) is 10.0. The Hall–Kier alpha value is -2.03. The van der Waals surface area contributed by atoms with Gasteiger partial charge in [-0.25, -0.2) is 4.39 Å². The minimum atomic E-state index is -1.12. The van der Waals surface area contributed by atoms with Gasteiger partial charge in [0.05, 0.1) is 4.91 Å². The molecule has 0 atom stereocenters. The van der Waals surface area contributed by atoms with E-state index in [-0.39, 0.29) is 10.1 Å². The van der Waals surface area contributed by atoms with Gasteiger partial charge in [0, 0.05) is 15.3 Å². The van der Waals surface area contributed by atoms with Crippen LogP contribution in [0, 0.1) is 5.82 Å². The molecular weight excluding hydrogens is 369 g/mol. The first kappa shape index (κ1) is 16.8. The predicted molar refractivity (Wildman–Crippen MR) is 97.2 cm³/mol. The molecule has 0 bridgehead atoms. The van der Waals surface area contributed by atoms with Gasteiger partial charge in [-0.05, 0) is 24.3 Å². The number of thioether (sulfide) groups is 1. The second-order valence-electron chi connectivity index (χ2n) is 4.84. The van der Waals surface area contributed by atoms with Crippen LogP contribution in [-0.4, -0.2) is 32.7 Å². The molecule has 122 valence electrons. The van der Waals surface area contributed by atoms with Crippen LogP contribution >= 0.6 is 35.3 Å². The molecule has 0 aliphatic carbocycles. The summed E-state index contributed by atoms with van der Waals surface area (Å²) < 4.78 is 14.1. The van der Waals surface area contributed by atoms with Crippen molar-refractivity contribution in [2.24, 2.45) is 0 Å². The highest BCUT2D eigenvalue weighted by Crippen LogP contribution is 2.36. The predicted octanol–water partition coefficient (Wildman–Crippen LogP) is 3.84. The smallest absolute Gasteiger partial charge is 0.323 e. The molecule has 1 fully saturated rings. The fraction of sp³-hybridized carbons (Fsp3) is 0.0625. The molecule has 1 saturated heterocycles. The molecule has 1 aliphatic rings. The van der Waals surface area contributed by atoms with Crippen molar-refractivity contribution in [2.45, 2.75) is 0 Å². The molecule has 0 spiro atoms. The van der Waals surface area contributed by atoms with Crippen molar-refractivity contribution >= 4 is 57.6 Å². The Morgan fingerprint density at radius 1 is 1.29 bits per heavy atom. The highest BCUT2D eigenvalue weighted by atomic mass is 32.2. The lowest BCUT2D eigenvalue weighted by atomic mass is 10.2. The molecule has 8 heteroatoms. The first-order valence-corrected chi connectivity index (χ1v) is 8.82. The van der Waals surface area contributed by atoms with Crippen LogP contribution in [0.4, 0.5) is 4.39 Å². The Morgan fingerprint density at radius 3 is 2.75 bits per heavy atom. The Labute approximate surface area is 150 Å². The second-order valence-corrected chi connectivity index (χ2v) is 7.63. The van der Waals surface area contributed by atoms with Crippen LogP contribution in [0.1, 0.15) is 4.88 Å². The summed E-state index contributed by atoms with van der Waals surface area (Å²) in [7, 11) is 0. The molecule has 2 heterocycles. The van der Waals surface area contributed by atoms with Gasteiger partial charge in [-0.2, -0.15) is 0 Å². The van der Waals surface area contributed by atoms with E-state index in [1.807, 2.05) is 0 Å². The van der Waals surface area contributed by atoms with E-state index in [0.29, 0.717) is 10.5 Å². The van der Waals surface area contributed by atoms with Gasteiger partial charge in [-0.1, -0.05) is 42.2 Å². The van der Waals surface area contributed by atoms with E-state index < -0.39 is 18.4 Å². The van der Waals surface area contributed by atoms with E-state index in [1.165, 1.54) is 17.4 Å². The second kappa shape index (κ2) is 6.84. The Balaban J connectivity index is 1.85. The van der Waals surface area contributed by atoms with Crippen LogP contribution in [0.2, 0.25) is 0 Å². The lowest BCUT2D eigenvalue weighted by molar-refractivity contribution is -0.140. The van der Waals surface area contributed by atoms with Gasteiger partial charge in [0.15, 0.2) is 0 Å². The maximum Gasteiger partial charge on any atom is 0.323 e. The average Bonchev–Trinajstić information content (AvgIpc) is 3.08. The number of carboxylic acid groups (broad SMARTS) is 1. The molecule has 2 aromatic rings. The third-order valence-corrected chi connectivity index (χ3v) is 5.65. The summed E-state index contributed by atoms with van der Waals surface area (Å²) >= 11 is 7.46. The van der Waals surface area contributed by atoms with Crippen LogP contribution < -0.4 is 0 Å². The molecule has 24 heavy (non-hydrogen) atoms. The van der Waals surface area contributed by atoms with E-state index in [9.17, 15) is 14.0 Å². The molecule has 0 saturated carbocycles. The number of thiophene rings is 1. The van der Waals surface area contributed by atoms with E-state index >= 15 is 0 Å². The van der Waals surface area contributed by atoms with Gasteiger partial charge in [-0.15, -0.1) is 11.3 Å². The monoisotopic (exact) mass is 379 g/mol. The molecule has 1 aliphatic heterocycles. The number of amides is 1. The molecular formula is C16H10FNO3S3. The van der Waals surface area contributed by atoms with E-state index in [2.05, 4.69) is 0 Å². The van der Waals surface area contributed by atoms with Crippen LogP contribution in [-0.2, 0) is 9.59 Å². The number of nitrogens with zero attached hydrogens (tertiary/aromatic N) is 1. The Bertz CT molecular complexity index is 875. The van der Waals surface area contributed by atoms with E-state index in [4.69, 9.17) is 17.3 Å². The van der Waals surface area contributed by atoms with Gasteiger partial charge < -0.3 is 5.11 Å². The maximum atomic E-state index is 13.8. The molecule has 1 aromatic heterocycles. The molecule has 3 rings (SSSR count). The third-order valence-electron chi connectivity index (χ3n) is 3.21. The van der Waals surface area contributed by atoms with Crippen molar-refractivity contribution in [1.29, 1.82) is 0 Å². The highest BCUT2D eigenvalue weighted by Gasteiger charge is 2.33. The fourth-order valence-electron chi connectivity index (χ4n) is 2.14. The highest BCUT2D eigenvalue weighted by molar-refractivity contribution is 8.26. The SMILES string of the molecule is O=C(O)CN1C(=O)C(=Cc2ccc(-c3ccccc3F)s2)SC1=S. The number of hydrogen-bond acceptors (Lipinski definition) is 5. The van der Waals surface area contributed by atoms with E-state index in [1.54, 1.807) is 36.4 Å². The topological polar surface area (TPSA) is 57.6 Å². The molecule has 1 aromatic carbocycles. The summed E-state index contributed by atoms with van der Waals surface area (Å²) in [4.78, 5) is 25.9. The van der Waals surface area contributed by atoms with Gasteiger partial charge >= 0.3 is 5.97 Å². The van der Waals surface area contributed by atoms with Crippen LogP contribution in [0.15, 0.2) is 41.3 Å². The first-order chi connectivity index (χ1) is 11.5. The van der Waals surface area contributed by atoms with Crippen LogP contribution in [0.3, 0.4) is 0 Å². The lowest BCUT2D eigenvalue weighted by Gasteiger charge is -2.09. The van der Waals surface area contributed by atoms with Crippen LogP contribution in [0.5, 0.6) is 0 Å².